The maximum absolute atomic E-state index is 13.4. The van der Waals surface area contributed by atoms with Gasteiger partial charge in [-0.05, 0) is 43.7 Å². The lowest BCUT2D eigenvalue weighted by Crippen LogP contribution is -2.39. The summed E-state index contributed by atoms with van der Waals surface area (Å²) in [4.78, 5) is 13.9. The fourth-order valence-electron chi connectivity index (χ4n) is 2.71. The van der Waals surface area contributed by atoms with Gasteiger partial charge in [-0.2, -0.15) is 0 Å². The summed E-state index contributed by atoms with van der Waals surface area (Å²) < 4.78 is 26.8. The number of hydrogen-bond acceptors (Lipinski definition) is 2. The van der Waals surface area contributed by atoms with Crippen molar-refractivity contribution in [1.82, 2.24) is 4.90 Å². The molecule has 5 heteroatoms. The quantitative estimate of drug-likeness (QED) is 0.847. The normalized spacial score (nSPS) is 22.6. The van der Waals surface area contributed by atoms with Crippen molar-refractivity contribution < 1.29 is 13.6 Å². The number of anilines is 1. The molecule has 0 spiro atoms. The van der Waals surface area contributed by atoms with Crippen LogP contribution in [0.5, 0.6) is 0 Å². The summed E-state index contributed by atoms with van der Waals surface area (Å²) in [6, 6.07) is 2.15. The number of rotatable bonds is 2. The summed E-state index contributed by atoms with van der Waals surface area (Å²) in [7, 11) is 1.69. The van der Waals surface area contributed by atoms with Crippen molar-refractivity contribution in [2.24, 2.45) is 5.92 Å². The second-order valence-electron chi connectivity index (χ2n) is 5.68. The van der Waals surface area contributed by atoms with E-state index in [0.29, 0.717) is 5.92 Å². The zero-order chi connectivity index (χ0) is 14.9. The Bertz CT molecular complexity index is 488. The molecule has 0 unspecified atom stereocenters. The minimum absolute atomic E-state index is 0.00956. The standard InChI is InChI=1S/C15H20F2N2O/c1-9-3-5-11(6-4-9)19(2)15(20)10-7-12(16)14(18)13(17)8-10/h7-9,11H,3-6,18H2,1-2H3. The van der Waals surface area contributed by atoms with Gasteiger partial charge >= 0.3 is 0 Å². The molecule has 0 aliphatic heterocycles. The van der Waals surface area contributed by atoms with E-state index in [-0.39, 0.29) is 17.5 Å². The first kappa shape index (κ1) is 14.8. The average Bonchev–Trinajstić information content (AvgIpc) is 2.43. The van der Waals surface area contributed by atoms with Gasteiger partial charge in [0.05, 0.1) is 0 Å². The number of nitrogens with zero attached hydrogens (tertiary/aromatic N) is 1. The molecular formula is C15H20F2N2O. The van der Waals surface area contributed by atoms with Crippen LogP contribution in [0.4, 0.5) is 14.5 Å². The summed E-state index contributed by atoms with van der Waals surface area (Å²) >= 11 is 0. The average molecular weight is 282 g/mol. The smallest absolute Gasteiger partial charge is 0.254 e. The first-order valence-corrected chi connectivity index (χ1v) is 6.91. The van der Waals surface area contributed by atoms with Gasteiger partial charge in [-0.3, -0.25) is 4.79 Å². The van der Waals surface area contributed by atoms with Crippen molar-refractivity contribution in [3.8, 4) is 0 Å². The molecule has 0 bridgehead atoms. The third-order valence-corrected chi connectivity index (χ3v) is 4.18. The highest BCUT2D eigenvalue weighted by Crippen LogP contribution is 2.27. The minimum atomic E-state index is -0.890. The third-order valence-electron chi connectivity index (χ3n) is 4.18. The molecule has 0 atom stereocenters. The van der Waals surface area contributed by atoms with Crippen LogP contribution in [0.3, 0.4) is 0 Å². The van der Waals surface area contributed by atoms with Crippen LogP contribution in [0.25, 0.3) is 0 Å². The van der Waals surface area contributed by atoms with Crippen molar-refractivity contribution in [3.63, 3.8) is 0 Å². The minimum Gasteiger partial charge on any atom is -0.394 e. The van der Waals surface area contributed by atoms with Crippen LogP contribution in [-0.2, 0) is 0 Å². The van der Waals surface area contributed by atoms with Gasteiger partial charge in [0.25, 0.3) is 5.91 Å². The highest BCUT2D eigenvalue weighted by Gasteiger charge is 2.26. The fraction of sp³-hybridized carbons (Fsp3) is 0.533. The van der Waals surface area contributed by atoms with Crippen LogP contribution in [0.1, 0.15) is 43.0 Å². The molecule has 0 radical (unpaired) electrons. The molecule has 1 fully saturated rings. The number of halogens is 2. The summed E-state index contributed by atoms with van der Waals surface area (Å²) in [6.07, 6.45) is 4.02. The highest BCUT2D eigenvalue weighted by atomic mass is 19.1. The second-order valence-corrected chi connectivity index (χ2v) is 5.68. The van der Waals surface area contributed by atoms with Crippen molar-refractivity contribution in [1.29, 1.82) is 0 Å². The largest absolute Gasteiger partial charge is 0.394 e. The first-order valence-electron chi connectivity index (χ1n) is 6.91. The maximum atomic E-state index is 13.4. The number of nitrogen functional groups attached to an aromatic ring is 1. The molecule has 1 aromatic rings. The van der Waals surface area contributed by atoms with E-state index >= 15 is 0 Å². The van der Waals surface area contributed by atoms with Crippen LogP contribution >= 0.6 is 0 Å². The Labute approximate surface area is 117 Å². The molecule has 1 aliphatic carbocycles. The van der Waals surface area contributed by atoms with Gasteiger partial charge in [0.15, 0.2) is 0 Å². The molecule has 3 nitrogen and oxygen atoms in total. The Morgan fingerprint density at radius 1 is 1.20 bits per heavy atom. The van der Waals surface area contributed by atoms with Gasteiger partial charge in [-0.1, -0.05) is 6.92 Å². The zero-order valence-corrected chi connectivity index (χ0v) is 11.8. The van der Waals surface area contributed by atoms with E-state index in [1.807, 2.05) is 0 Å². The van der Waals surface area contributed by atoms with Crippen molar-refractivity contribution in [3.05, 3.63) is 29.3 Å². The van der Waals surface area contributed by atoms with Gasteiger partial charge in [0.1, 0.15) is 17.3 Å². The van der Waals surface area contributed by atoms with Gasteiger partial charge in [0.2, 0.25) is 0 Å². The van der Waals surface area contributed by atoms with Crippen LogP contribution in [0.2, 0.25) is 0 Å². The lowest BCUT2D eigenvalue weighted by molar-refractivity contribution is 0.0678. The maximum Gasteiger partial charge on any atom is 0.254 e. The Morgan fingerprint density at radius 3 is 2.20 bits per heavy atom. The second kappa shape index (κ2) is 5.77. The summed E-state index contributed by atoms with van der Waals surface area (Å²) in [5, 5.41) is 0. The fourth-order valence-corrected chi connectivity index (χ4v) is 2.71. The Kier molecular flexibility index (Phi) is 4.26. The molecule has 1 amide bonds. The first-order chi connectivity index (χ1) is 9.40. The van der Waals surface area contributed by atoms with Crippen LogP contribution in [-0.4, -0.2) is 23.9 Å². The highest BCUT2D eigenvalue weighted by molar-refractivity contribution is 5.94. The summed E-state index contributed by atoms with van der Waals surface area (Å²) in [6.45, 7) is 2.20. The van der Waals surface area contributed by atoms with Gasteiger partial charge < -0.3 is 10.6 Å². The number of carbonyl (C=O) groups excluding carboxylic acids is 1. The van der Waals surface area contributed by atoms with E-state index in [2.05, 4.69) is 6.92 Å². The lowest BCUT2D eigenvalue weighted by Gasteiger charge is -2.33. The van der Waals surface area contributed by atoms with E-state index < -0.39 is 17.3 Å². The monoisotopic (exact) mass is 282 g/mol. The molecule has 0 aromatic heterocycles. The Hall–Kier alpha value is -1.65. The molecule has 1 aliphatic rings. The SMILES string of the molecule is CC1CCC(N(C)C(=O)c2cc(F)c(N)c(F)c2)CC1. The molecule has 1 saturated carbocycles. The summed E-state index contributed by atoms with van der Waals surface area (Å²) in [5.41, 5.74) is 4.67. The number of carbonyl (C=O) groups is 1. The predicted octanol–water partition coefficient (Wildman–Crippen LogP) is 3.20. The Morgan fingerprint density at radius 2 is 1.70 bits per heavy atom. The number of nitrogens with two attached hydrogens (primary N) is 1. The molecular weight excluding hydrogens is 262 g/mol. The topological polar surface area (TPSA) is 46.3 Å². The molecule has 0 heterocycles. The van der Waals surface area contributed by atoms with Crippen LogP contribution in [0.15, 0.2) is 12.1 Å². The Balaban J connectivity index is 2.14. The number of amides is 1. The molecule has 2 N–H and O–H groups in total. The summed E-state index contributed by atoms with van der Waals surface area (Å²) in [5.74, 6) is -1.46. The molecule has 2 rings (SSSR count). The van der Waals surface area contributed by atoms with E-state index in [1.54, 1.807) is 11.9 Å². The third kappa shape index (κ3) is 2.92. The van der Waals surface area contributed by atoms with E-state index in [1.165, 1.54) is 0 Å². The van der Waals surface area contributed by atoms with Crippen molar-refractivity contribution in [2.75, 3.05) is 12.8 Å². The van der Waals surface area contributed by atoms with Gasteiger partial charge in [0, 0.05) is 18.7 Å². The van der Waals surface area contributed by atoms with Crippen LogP contribution in [0, 0.1) is 17.6 Å². The molecule has 20 heavy (non-hydrogen) atoms. The van der Waals surface area contributed by atoms with E-state index in [4.69, 9.17) is 5.73 Å². The van der Waals surface area contributed by atoms with E-state index in [0.717, 1.165) is 37.8 Å². The predicted molar refractivity (Wildman–Crippen MR) is 74.3 cm³/mol. The number of benzene rings is 1. The lowest BCUT2D eigenvalue weighted by atomic mass is 9.86. The van der Waals surface area contributed by atoms with Gasteiger partial charge in [-0.15, -0.1) is 0 Å². The zero-order valence-electron chi connectivity index (χ0n) is 11.8. The number of hydrogen-bond donors (Lipinski definition) is 1. The van der Waals surface area contributed by atoms with Crippen LogP contribution < -0.4 is 5.73 Å². The van der Waals surface area contributed by atoms with Crippen molar-refractivity contribution >= 4 is 11.6 Å². The molecule has 0 saturated heterocycles. The van der Waals surface area contributed by atoms with Crippen molar-refractivity contribution in [2.45, 2.75) is 38.6 Å². The molecule has 1 aromatic carbocycles. The van der Waals surface area contributed by atoms with E-state index in [9.17, 15) is 13.6 Å². The molecule has 110 valence electrons. The van der Waals surface area contributed by atoms with Gasteiger partial charge in [-0.25, -0.2) is 8.78 Å².